The van der Waals surface area contributed by atoms with Crippen LogP contribution in [-0.2, 0) is 6.42 Å². The molecule has 0 aliphatic heterocycles. The monoisotopic (exact) mass is 275 g/mol. The molecule has 3 heteroatoms. The molecule has 1 unspecified atom stereocenters. The van der Waals surface area contributed by atoms with Crippen LogP contribution in [0, 0.1) is 11.6 Å². The van der Waals surface area contributed by atoms with Crippen molar-refractivity contribution in [1.82, 2.24) is 5.32 Å². The molecule has 0 aliphatic carbocycles. The van der Waals surface area contributed by atoms with Crippen molar-refractivity contribution in [2.24, 2.45) is 0 Å². The molecule has 0 radical (unpaired) electrons. The van der Waals surface area contributed by atoms with Crippen molar-refractivity contribution in [3.8, 4) is 0 Å². The lowest BCUT2D eigenvalue weighted by Crippen LogP contribution is -2.24. The maximum Gasteiger partial charge on any atom is 0.129 e. The van der Waals surface area contributed by atoms with Crippen LogP contribution in [0.5, 0.6) is 0 Å². The van der Waals surface area contributed by atoms with Crippen LogP contribution in [-0.4, -0.2) is 6.54 Å². The normalized spacial score (nSPS) is 12.3. The fourth-order valence-electron chi connectivity index (χ4n) is 2.22. The van der Waals surface area contributed by atoms with Crippen LogP contribution >= 0.6 is 0 Å². The number of benzene rings is 2. The Morgan fingerprint density at radius 3 is 2.45 bits per heavy atom. The Kier molecular flexibility index (Phi) is 5.24. The summed E-state index contributed by atoms with van der Waals surface area (Å²) in [7, 11) is 0. The highest BCUT2D eigenvalue weighted by Gasteiger charge is 2.14. The summed E-state index contributed by atoms with van der Waals surface area (Å²) in [6.45, 7) is 2.95. The molecule has 0 saturated heterocycles. The predicted molar refractivity (Wildman–Crippen MR) is 77.5 cm³/mol. The molecule has 0 bridgehead atoms. The van der Waals surface area contributed by atoms with Crippen LogP contribution in [0.3, 0.4) is 0 Å². The number of halogens is 2. The maximum atomic E-state index is 13.8. The molecular formula is C17H19F2N. The van der Waals surface area contributed by atoms with Gasteiger partial charge in [-0.25, -0.2) is 8.78 Å². The number of rotatable bonds is 6. The lowest BCUT2D eigenvalue weighted by atomic mass is 9.98. The largest absolute Gasteiger partial charge is 0.310 e. The summed E-state index contributed by atoms with van der Waals surface area (Å²) >= 11 is 0. The number of hydrogen-bond acceptors (Lipinski definition) is 1. The molecular weight excluding hydrogens is 256 g/mol. The quantitative estimate of drug-likeness (QED) is 0.831. The number of hydrogen-bond donors (Lipinski definition) is 1. The van der Waals surface area contributed by atoms with E-state index in [0.717, 1.165) is 24.6 Å². The van der Waals surface area contributed by atoms with Crippen molar-refractivity contribution in [3.05, 3.63) is 71.3 Å². The van der Waals surface area contributed by atoms with Gasteiger partial charge in [0.05, 0.1) is 0 Å². The zero-order chi connectivity index (χ0) is 14.4. The fraction of sp³-hybridized carbons (Fsp3) is 0.294. The summed E-state index contributed by atoms with van der Waals surface area (Å²) in [5, 5.41) is 3.42. The van der Waals surface area contributed by atoms with E-state index in [1.807, 2.05) is 30.3 Å². The molecule has 0 aliphatic rings. The molecule has 0 aromatic heterocycles. The van der Waals surface area contributed by atoms with Gasteiger partial charge in [-0.1, -0.05) is 43.3 Å². The molecule has 0 fully saturated rings. The van der Waals surface area contributed by atoms with Crippen LogP contribution in [0.1, 0.15) is 30.5 Å². The van der Waals surface area contributed by atoms with Gasteiger partial charge in [-0.3, -0.25) is 0 Å². The van der Waals surface area contributed by atoms with E-state index in [2.05, 4.69) is 12.2 Å². The highest BCUT2D eigenvalue weighted by Crippen LogP contribution is 2.20. The Bertz CT molecular complexity index is 540. The van der Waals surface area contributed by atoms with Crippen LogP contribution in [0.4, 0.5) is 8.78 Å². The molecule has 2 rings (SSSR count). The third-order valence-corrected chi connectivity index (χ3v) is 3.28. The van der Waals surface area contributed by atoms with E-state index >= 15 is 0 Å². The zero-order valence-electron chi connectivity index (χ0n) is 11.6. The minimum atomic E-state index is -0.538. The maximum absolute atomic E-state index is 13.8. The molecule has 106 valence electrons. The van der Waals surface area contributed by atoms with E-state index in [0.29, 0.717) is 12.0 Å². The average molecular weight is 275 g/mol. The third-order valence-electron chi connectivity index (χ3n) is 3.28. The molecule has 0 amide bonds. The zero-order valence-corrected chi connectivity index (χ0v) is 11.6. The topological polar surface area (TPSA) is 12.0 Å². The SMILES string of the molecule is CCCNC(Cc1ccc(F)cc1F)c1ccccc1. The summed E-state index contributed by atoms with van der Waals surface area (Å²) in [5.41, 5.74) is 1.65. The minimum absolute atomic E-state index is 0.0381. The molecule has 1 nitrogen and oxygen atoms in total. The van der Waals surface area contributed by atoms with E-state index in [-0.39, 0.29) is 6.04 Å². The van der Waals surface area contributed by atoms with Crippen LogP contribution in [0.15, 0.2) is 48.5 Å². The van der Waals surface area contributed by atoms with Gasteiger partial charge in [-0.2, -0.15) is 0 Å². The molecule has 2 aromatic rings. The van der Waals surface area contributed by atoms with E-state index < -0.39 is 11.6 Å². The van der Waals surface area contributed by atoms with E-state index in [1.165, 1.54) is 12.1 Å². The standard InChI is InChI=1S/C17H19F2N/c1-2-10-20-17(13-6-4-3-5-7-13)11-14-8-9-15(18)12-16(14)19/h3-9,12,17,20H,2,10-11H2,1H3. The Hall–Kier alpha value is -1.74. The van der Waals surface area contributed by atoms with Crippen molar-refractivity contribution in [2.45, 2.75) is 25.8 Å². The van der Waals surface area contributed by atoms with Gasteiger partial charge >= 0.3 is 0 Å². The molecule has 0 saturated carbocycles. The van der Waals surface area contributed by atoms with Gasteiger partial charge in [0.2, 0.25) is 0 Å². The second-order valence-corrected chi connectivity index (χ2v) is 4.86. The molecule has 1 atom stereocenters. The molecule has 0 heterocycles. The van der Waals surface area contributed by atoms with Crippen molar-refractivity contribution in [2.75, 3.05) is 6.54 Å². The Morgan fingerprint density at radius 2 is 1.80 bits per heavy atom. The van der Waals surface area contributed by atoms with E-state index in [4.69, 9.17) is 0 Å². The van der Waals surface area contributed by atoms with Gasteiger partial charge in [-0.05, 0) is 36.6 Å². The third kappa shape index (κ3) is 3.87. The Labute approximate surface area is 118 Å². The first-order valence-electron chi connectivity index (χ1n) is 6.93. The van der Waals surface area contributed by atoms with E-state index in [9.17, 15) is 8.78 Å². The van der Waals surface area contributed by atoms with Gasteiger partial charge in [0.25, 0.3) is 0 Å². The van der Waals surface area contributed by atoms with Gasteiger partial charge < -0.3 is 5.32 Å². The molecule has 1 N–H and O–H groups in total. The summed E-state index contributed by atoms with van der Waals surface area (Å²) in [6, 6.07) is 13.7. The van der Waals surface area contributed by atoms with Crippen molar-refractivity contribution in [3.63, 3.8) is 0 Å². The van der Waals surface area contributed by atoms with Gasteiger partial charge in [0.1, 0.15) is 11.6 Å². The summed E-state index contributed by atoms with van der Waals surface area (Å²) in [6.07, 6.45) is 1.52. The summed E-state index contributed by atoms with van der Waals surface area (Å²) in [4.78, 5) is 0. The predicted octanol–water partition coefficient (Wildman–Crippen LogP) is 4.25. The average Bonchev–Trinajstić information content (AvgIpc) is 2.46. The van der Waals surface area contributed by atoms with Crippen LogP contribution < -0.4 is 5.32 Å². The van der Waals surface area contributed by atoms with Crippen LogP contribution in [0.2, 0.25) is 0 Å². The van der Waals surface area contributed by atoms with Crippen molar-refractivity contribution in [1.29, 1.82) is 0 Å². The summed E-state index contributed by atoms with van der Waals surface area (Å²) in [5.74, 6) is -1.02. The van der Waals surface area contributed by atoms with Crippen molar-refractivity contribution >= 4 is 0 Å². The van der Waals surface area contributed by atoms with Gasteiger partial charge in [0, 0.05) is 12.1 Å². The van der Waals surface area contributed by atoms with Gasteiger partial charge in [-0.15, -0.1) is 0 Å². The molecule has 2 aromatic carbocycles. The second-order valence-electron chi connectivity index (χ2n) is 4.86. The molecule has 0 spiro atoms. The molecule has 20 heavy (non-hydrogen) atoms. The first kappa shape index (κ1) is 14.7. The summed E-state index contributed by atoms with van der Waals surface area (Å²) < 4.78 is 26.7. The smallest absolute Gasteiger partial charge is 0.129 e. The van der Waals surface area contributed by atoms with Gasteiger partial charge in [0.15, 0.2) is 0 Å². The first-order chi connectivity index (χ1) is 9.70. The Balaban J connectivity index is 2.19. The first-order valence-corrected chi connectivity index (χ1v) is 6.93. The Morgan fingerprint density at radius 1 is 1.05 bits per heavy atom. The highest BCUT2D eigenvalue weighted by molar-refractivity contribution is 5.25. The highest BCUT2D eigenvalue weighted by atomic mass is 19.1. The van der Waals surface area contributed by atoms with Crippen LogP contribution in [0.25, 0.3) is 0 Å². The second kappa shape index (κ2) is 7.15. The van der Waals surface area contributed by atoms with E-state index in [1.54, 1.807) is 0 Å². The lowest BCUT2D eigenvalue weighted by Gasteiger charge is -2.19. The van der Waals surface area contributed by atoms with Crippen molar-refractivity contribution < 1.29 is 8.78 Å². The number of nitrogens with one attached hydrogen (secondary N) is 1. The minimum Gasteiger partial charge on any atom is -0.310 e. The fourth-order valence-corrected chi connectivity index (χ4v) is 2.22. The lowest BCUT2D eigenvalue weighted by molar-refractivity contribution is 0.508.